The summed E-state index contributed by atoms with van der Waals surface area (Å²) in [6.07, 6.45) is 0. The molecule has 0 saturated carbocycles. The fourth-order valence-electron chi connectivity index (χ4n) is 2.51. The van der Waals surface area contributed by atoms with E-state index in [1.165, 1.54) is 6.92 Å². The third-order valence-electron chi connectivity index (χ3n) is 4.32. The molecule has 0 bridgehead atoms. The van der Waals surface area contributed by atoms with Crippen molar-refractivity contribution >= 4 is 34.8 Å². The zero-order chi connectivity index (χ0) is 20.2. The van der Waals surface area contributed by atoms with E-state index in [1.54, 1.807) is 38.1 Å². The summed E-state index contributed by atoms with van der Waals surface area (Å²) < 4.78 is 0. The maximum Gasteiger partial charge on any atom is 0.239 e. The fraction of sp³-hybridized carbons (Fsp3) is 0.286. The quantitative estimate of drug-likeness (QED) is 0.701. The second-order valence-electron chi connectivity index (χ2n) is 7.06. The van der Waals surface area contributed by atoms with E-state index >= 15 is 0 Å². The number of carbonyl (C=O) groups is 3. The minimum atomic E-state index is -1.27. The predicted molar refractivity (Wildman–Crippen MR) is 108 cm³/mol. The Balaban J connectivity index is 2.09. The van der Waals surface area contributed by atoms with Crippen LogP contribution in [-0.4, -0.2) is 17.7 Å². The zero-order valence-electron chi connectivity index (χ0n) is 16.3. The van der Waals surface area contributed by atoms with Crippen LogP contribution in [0.25, 0.3) is 0 Å². The van der Waals surface area contributed by atoms with Crippen LogP contribution in [0.2, 0.25) is 0 Å². The van der Waals surface area contributed by atoms with Crippen LogP contribution in [0.3, 0.4) is 0 Å². The molecule has 0 heterocycles. The van der Waals surface area contributed by atoms with Crippen molar-refractivity contribution in [2.45, 2.75) is 34.6 Å². The molecule has 142 valence electrons. The Kier molecular flexibility index (Phi) is 6.00. The molecular formula is C21H25N3O3. The molecule has 0 aliphatic rings. The van der Waals surface area contributed by atoms with E-state index in [-0.39, 0.29) is 11.8 Å². The number of hydrogen-bond acceptors (Lipinski definition) is 3. The van der Waals surface area contributed by atoms with E-state index in [0.717, 1.165) is 16.8 Å². The average molecular weight is 367 g/mol. The van der Waals surface area contributed by atoms with Crippen LogP contribution in [0.5, 0.6) is 0 Å². The van der Waals surface area contributed by atoms with Gasteiger partial charge in [0.05, 0.1) is 0 Å². The number of carbonyl (C=O) groups excluding carboxylic acids is 3. The molecule has 2 aromatic rings. The Morgan fingerprint density at radius 3 is 1.67 bits per heavy atom. The maximum atomic E-state index is 12.7. The van der Waals surface area contributed by atoms with E-state index in [1.807, 2.05) is 32.0 Å². The van der Waals surface area contributed by atoms with Crippen molar-refractivity contribution in [1.29, 1.82) is 0 Å². The van der Waals surface area contributed by atoms with Gasteiger partial charge in [0, 0.05) is 24.0 Å². The zero-order valence-corrected chi connectivity index (χ0v) is 16.3. The van der Waals surface area contributed by atoms with Gasteiger partial charge >= 0.3 is 0 Å². The molecule has 2 aromatic carbocycles. The van der Waals surface area contributed by atoms with Gasteiger partial charge in [-0.3, -0.25) is 14.4 Å². The number of anilines is 3. The van der Waals surface area contributed by atoms with E-state index in [2.05, 4.69) is 16.0 Å². The lowest BCUT2D eigenvalue weighted by atomic mass is 9.90. The molecule has 0 aliphatic heterocycles. The lowest BCUT2D eigenvalue weighted by molar-refractivity contribution is -0.135. The van der Waals surface area contributed by atoms with Crippen LogP contribution in [0, 0.1) is 19.3 Å². The monoisotopic (exact) mass is 367 g/mol. The maximum absolute atomic E-state index is 12.7. The minimum absolute atomic E-state index is 0.170. The first-order chi connectivity index (χ1) is 12.6. The van der Waals surface area contributed by atoms with Gasteiger partial charge < -0.3 is 16.0 Å². The molecule has 2 rings (SSSR count). The third-order valence-corrected chi connectivity index (χ3v) is 4.32. The molecule has 6 heteroatoms. The van der Waals surface area contributed by atoms with E-state index in [9.17, 15) is 14.4 Å². The van der Waals surface area contributed by atoms with Gasteiger partial charge in [0.25, 0.3) is 0 Å². The molecule has 6 nitrogen and oxygen atoms in total. The van der Waals surface area contributed by atoms with Gasteiger partial charge in [0.1, 0.15) is 5.41 Å². The summed E-state index contributed by atoms with van der Waals surface area (Å²) in [5, 5.41) is 8.27. The van der Waals surface area contributed by atoms with Crippen molar-refractivity contribution in [3.63, 3.8) is 0 Å². The second kappa shape index (κ2) is 8.03. The van der Waals surface area contributed by atoms with Gasteiger partial charge in [-0.2, -0.15) is 0 Å². The van der Waals surface area contributed by atoms with Gasteiger partial charge in [-0.15, -0.1) is 0 Å². The highest BCUT2D eigenvalue weighted by Crippen LogP contribution is 2.25. The molecule has 0 aromatic heterocycles. The highest BCUT2D eigenvalue weighted by atomic mass is 16.2. The van der Waals surface area contributed by atoms with Crippen LogP contribution in [-0.2, 0) is 14.4 Å². The summed E-state index contributed by atoms with van der Waals surface area (Å²) in [5.74, 6) is -0.970. The third kappa shape index (κ3) is 4.94. The summed E-state index contributed by atoms with van der Waals surface area (Å²) in [4.78, 5) is 36.4. The molecule has 0 fully saturated rings. The van der Waals surface area contributed by atoms with Crippen LogP contribution in [0.1, 0.15) is 31.9 Å². The Morgan fingerprint density at radius 1 is 0.741 bits per heavy atom. The van der Waals surface area contributed by atoms with E-state index in [4.69, 9.17) is 0 Å². The largest absolute Gasteiger partial charge is 0.326 e. The second-order valence-corrected chi connectivity index (χ2v) is 7.06. The number of rotatable bonds is 5. The smallest absolute Gasteiger partial charge is 0.239 e. The number of para-hydroxylation sites is 1. The number of aryl methyl sites for hydroxylation is 2. The van der Waals surface area contributed by atoms with Gasteiger partial charge in [-0.05, 0) is 63.1 Å². The molecule has 3 N–H and O–H groups in total. The van der Waals surface area contributed by atoms with E-state index < -0.39 is 11.3 Å². The average Bonchev–Trinajstić information content (AvgIpc) is 2.59. The highest BCUT2D eigenvalue weighted by molar-refractivity contribution is 6.14. The van der Waals surface area contributed by atoms with Gasteiger partial charge in [0.15, 0.2) is 0 Å². The first-order valence-electron chi connectivity index (χ1n) is 8.68. The standard InChI is InChI=1S/C21H25N3O3/c1-13-7-6-8-14(2)18(13)24-20(27)21(4,5)19(26)23-17-11-9-16(10-12-17)22-15(3)25/h6-12H,1-5H3,(H,22,25)(H,23,26)(H,24,27). The van der Waals surface area contributed by atoms with Gasteiger partial charge in [-0.1, -0.05) is 18.2 Å². The van der Waals surface area contributed by atoms with Crippen molar-refractivity contribution in [2.24, 2.45) is 5.41 Å². The molecule has 0 aliphatic carbocycles. The molecule has 0 atom stereocenters. The normalized spacial score (nSPS) is 10.9. The van der Waals surface area contributed by atoms with Crippen LogP contribution >= 0.6 is 0 Å². The molecule has 27 heavy (non-hydrogen) atoms. The summed E-state index contributed by atoms with van der Waals surface area (Å²) in [7, 11) is 0. The van der Waals surface area contributed by atoms with Crippen molar-refractivity contribution < 1.29 is 14.4 Å². The molecule has 0 spiro atoms. The minimum Gasteiger partial charge on any atom is -0.326 e. The van der Waals surface area contributed by atoms with Crippen molar-refractivity contribution in [3.8, 4) is 0 Å². The number of nitrogens with one attached hydrogen (secondary N) is 3. The highest BCUT2D eigenvalue weighted by Gasteiger charge is 2.36. The number of hydrogen-bond donors (Lipinski definition) is 3. The van der Waals surface area contributed by atoms with Crippen LogP contribution in [0.4, 0.5) is 17.1 Å². The fourth-order valence-corrected chi connectivity index (χ4v) is 2.51. The molecule has 0 unspecified atom stereocenters. The first-order valence-corrected chi connectivity index (χ1v) is 8.68. The van der Waals surface area contributed by atoms with Crippen LogP contribution < -0.4 is 16.0 Å². The van der Waals surface area contributed by atoms with E-state index in [0.29, 0.717) is 11.4 Å². The summed E-state index contributed by atoms with van der Waals surface area (Å²) in [6, 6.07) is 12.4. The van der Waals surface area contributed by atoms with Gasteiger partial charge in [-0.25, -0.2) is 0 Å². The lowest BCUT2D eigenvalue weighted by Gasteiger charge is -2.24. The summed E-state index contributed by atoms with van der Waals surface area (Å²) >= 11 is 0. The Hall–Kier alpha value is -3.15. The van der Waals surface area contributed by atoms with Crippen molar-refractivity contribution in [2.75, 3.05) is 16.0 Å². The molecule has 0 radical (unpaired) electrons. The topological polar surface area (TPSA) is 87.3 Å². The summed E-state index contributed by atoms with van der Waals surface area (Å²) in [6.45, 7) is 8.40. The Morgan fingerprint density at radius 2 is 1.19 bits per heavy atom. The predicted octanol–water partition coefficient (Wildman–Crippen LogP) is 3.87. The summed E-state index contributed by atoms with van der Waals surface area (Å²) in [5.41, 5.74) is 2.50. The Labute approximate surface area is 159 Å². The van der Waals surface area contributed by atoms with Crippen molar-refractivity contribution in [3.05, 3.63) is 53.6 Å². The van der Waals surface area contributed by atoms with Crippen LogP contribution in [0.15, 0.2) is 42.5 Å². The van der Waals surface area contributed by atoms with Gasteiger partial charge in [0.2, 0.25) is 17.7 Å². The number of amides is 3. The molecule has 3 amide bonds. The molecular weight excluding hydrogens is 342 g/mol. The lowest BCUT2D eigenvalue weighted by Crippen LogP contribution is -2.41. The van der Waals surface area contributed by atoms with Crippen molar-refractivity contribution in [1.82, 2.24) is 0 Å². The SMILES string of the molecule is CC(=O)Nc1ccc(NC(=O)C(C)(C)C(=O)Nc2c(C)cccc2C)cc1. The number of benzene rings is 2. The first kappa shape index (κ1) is 20.2. The molecule has 0 saturated heterocycles. The Bertz CT molecular complexity index is 850.